The van der Waals surface area contributed by atoms with Gasteiger partial charge in [0.15, 0.2) is 0 Å². The van der Waals surface area contributed by atoms with Gasteiger partial charge in [0.05, 0.1) is 0 Å². The van der Waals surface area contributed by atoms with Crippen molar-refractivity contribution in [2.75, 3.05) is 11.9 Å². The van der Waals surface area contributed by atoms with E-state index in [4.69, 9.17) is 0 Å². The van der Waals surface area contributed by atoms with Crippen molar-refractivity contribution in [2.45, 2.75) is 30.0 Å². The normalized spacial score (nSPS) is 12.5. The van der Waals surface area contributed by atoms with Gasteiger partial charge < -0.3 is 5.32 Å². The maximum atomic E-state index is 11.7. The van der Waals surface area contributed by atoms with E-state index in [0.29, 0.717) is 12.5 Å². The summed E-state index contributed by atoms with van der Waals surface area (Å²) in [6.45, 7) is 5.04. The molecule has 2 nitrogen and oxygen atoms in total. The highest BCUT2D eigenvalue weighted by Crippen LogP contribution is 2.20. The van der Waals surface area contributed by atoms with Gasteiger partial charge in [0.25, 0.3) is 5.24 Å². The predicted molar refractivity (Wildman–Crippen MR) is 90.7 cm³/mol. The van der Waals surface area contributed by atoms with Crippen molar-refractivity contribution in [1.82, 2.24) is 5.32 Å². The summed E-state index contributed by atoms with van der Waals surface area (Å²) in [5, 5.41) is 3.69. The van der Waals surface area contributed by atoms with E-state index < -0.39 is 0 Å². The van der Waals surface area contributed by atoms with Gasteiger partial charge in [0, 0.05) is 21.6 Å². The topological polar surface area (TPSA) is 29.1 Å². The zero-order chi connectivity index (χ0) is 14.3. The van der Waals surface area contributed by atoms with Crippen molar-refractivity contribution in [2.24, 2.45) is 5.92 Å². The van der Waals surface area contributed by atoms with Crippen LogP contribution in [0.25, 0.3) is 0 Å². The van der Waals surface area contributed by atoms with Crippen molar-refractivity contribution in [1.29, 1.82) is 0 Å². The standard InChI is InChI=1S/C14H19Br2NOS/c1-10(2)7-11-3-5-13(6-4-11)19-14(18)17-9-12(16)8-15/h3-6,10,12H,7-9H2,1-2H3,(H,17,18). The van der Waals surface area contributed by atoms with Crippen LogP contribution < -0.4 is 5.32 Å². The fraction of sp³-hybridized carbons (Fsp3) is 0.500. The number of alkyl halides is 2. The third-order valence-corrected chi connectivity index (χ3v) is 5.55. The lowest BCUT2D eigenvalue weighted by Crippen LogP contribution is -2.26. The summed E-state index contributed by atoms with van der Waals surface area (Å²) < 4.78 is 0. The summed E-state index contributed by atoms with van der Waals surface area (Å²) >= 11 is 8.04. The Hall–Kier alpha value is 0. The van der Waals surface area contributed by atoms with Crippen molar-refractivity contribution in [3.8, 4) is 0 Å². The van der Waals surface area contributed by atoms with Crippen molar-refractivity contribution in [3.63, 3.8) is 0 Å². The molecule has 0 spiro atoms. The van der Waals surface area contributed by atoms with E-state index in [1.54, 1.807) is 0 Å². The second-order valence-corrected chi connectivity index (χ2v) is 7.75. The number of hydrogen-bond acceptors (Lipinski definition) is 2. The Morgan fingerprint density at radius 3 is 2.47 bits per heavy atom. The maximum Gasteiger partial charge on any atom is 0.283 e. The van der Waals surface area contributed by atoms with Crippen molar-refractivity contribution in [3.05, 3.63) is 29.8 Å². The molecule has 0 aliphatic heterocycles. The second kappa shape index (κ2) is 9.03. The molecule has 1 amide bonds. The highest BCUT2D eigenvalue weighted by molar-refractivity contribution is 9.12. The molecule has 1 N–H and O–H groups in total. The number of benzene rings is 1. The number of carbonyl (C=O) groups excluding carboxylic acids is 1. The minimum Gasteiger partial charge on any atom is -0.346 e. The number of thioether (sulfide) groups is 1. The van der Waals surface area contributed by atoms with Crippen molar-refractivity contribution >= 4 is 48.9 Å². The molecule has 1 aromatic rings. The van der Waals surface area contributed by atoms with Gasteiger partial charge in [-0.15, -0.1) is 0 Å². The van der Waals surface area contributed by atoms with Gasteiger partial charge in [-0.2, -0.15) is 0 Å². The highest BCUT2D eigenvalue weighted by Gasteiger charge is 2.07. The number of nitrogens with one attached hydrogen (secondary N) is 1. The molecule has 19 heavy (non-hydrogen) atoms. The van der Waals surface area contributed by atoms with Gasteiger partial charge >= 0.3 is 0 Å². The first-order valence-electron chi connectivity index (χ1n) is 6.26. The zero-order valence-electron chi connectivity index (χ0n) is 11.2. The van der Waals surface area contributed by atoms with Crippen molar-refractivity contribution < 1.29 is 4.79 Å². The fourth-order valence-corrected chi connectivity index (χ4v) is 2.59. The minimum atomic E-state index is -0.0120. The minimum absolute atomic E-state index is 0.0120. The molecule has 0 aliphatic carbocycles. The third kappa shape index (κ3) is 7.37. The SMILES string of the molecule is CC(C)Cc1ccc(SC(=O)NCC(Br)CBr)cc1. The van der Waals surface area contributed by atoms with E-state index in [0.717, 1.165) is 16.6 Å². The molecule has 0 heterocycles. The van der Waals surface area contributed by atoms with E-state index in [9.17, 15) is 4.79 Å². The summed E-state index contributed by atoms with van der Waals surface area (Å²) in [4.78, 5) is 13.0. The van der Waals surface area contributed by atoms with E-state index in [-0.39, 0.29) is 10.1 Å². The van der Waals surface area contributed by atoms with Crippen LogP contribution in [0.2, 0.25) is 0 Å². The number of carbonyl (C=O) groups is 1. The Morgan fingerprint density at radius 2 is 1.95 bits per heavy atom. The lowest BCUT2D eigenvalue weighted by Gasteiger charge is -2.08. The summed E-state index contributed by atoms with van der Waals surface area (Å²) in [6.07, 6.45) is 1.08. The Kier molecular flexibility index (Phi) is 8.11. The first-order chi connectivity index (χ1) is 9.01. The molecule has 0 saturated heterocycles. The molecule has 0 bridgehead atoms. The van der Waals surface area contributed by atoms with Crippen LogP contribution in [0, 0.1) is 5.92 Å². The molecular weight excluding hydrogens is 390 g/mol. The van der Waals surface area contributed by atoms with E-state index in [2.05, 4.69) is 63.2 Å². The van der Waals surface area contributed by atoms with Gasteiger partial charge in [-0.25, -0.2) is 0 Å². The lowest BCUT2D eigenvalue weighted by molar-refractivity contribution is 0.261. The Labute approximate surface area is 136 Å². The first-order valence-corrected chi connectivity index (χ1v) is 9.11. The molecule has 106 valence electrons. The molecule has 5 heteroatoms. The van der Waals surface area contributed by atoms with Crippen LogP contribution in [0.1, 0.15) is 19.4 Å². The van der Waals surface area contributed by atoms with E-state index in [1.165, 1.54) is 17.3 Å². The molecule has 1 atom stereocenters. The molecule has 0 aliphatic rings. The zero-order valence-corrected chi connectivity index (χ0v) is 15.1. The number of halogens is 2. The Balaban J connectivity index is 2.42. The largest absolute Gasteiger partial charge is 0.346 e. The summed E-state index contributed by atoms with van der Waals surface area (Å²) in [6, 6.07) is 8.22. The average molecular weight is 409 g/mol. The highest BCUT2D eigenvalue weighted by atomic mass is 79.9. The van der Waals surface area contributed by atoms with Crippen LogP contribution in [0.15, 0.2) is 29.2 Å². The number of rotatable bonds is 6. The fourth-order valence-electron chi connectivity index (χ4n) is 1.56. The van der Waals surface area contributed by atoms with Crippen LogP contribution in [0.3, 0.4) is 0 Å². The summed E-state index contributed by atoms with van der Waals surface area (Å²) in [5.41, 5.74) is 1.32. The number of hydrogen-bond donors (Lipinski definition) is 1. The van der Waals surface area contributed by atoms with Gasteiger partial charge in [0.2, 0.25) is 0 Å². The van der Waals surface area contributed by atoms with Gasteiger partial charge in [-0.05, 0) is 41.8 Å². The van der Waals surface area contributed by atoms with Crippen LogP contribution >= 0.6 is 43.6 Å². The maximum absolute atomic E-state index is 11.7. The Morgan fingerprint density at radius 1 is 1.32 bits per heavy atom. The first kappa shape index (κ1) is 17.1. The van der Waals surface area contributed by atoms with Crippen LogP contribution in [-0.4, -0.2) is 21.9 Å². The summed E-state index contributed by atoms with van der Waals surface area (Å²) in [7, 11) is 0. The smallest absolute Gasteiger partial charge is 0.283 e. The van der Waals surface area contributed by atoms with Crippen LogP contribution in [0.4, 0.5) is 4.79 Å². The van der Waals surface area contributed by atoms with E-state index in [1.807, 2.05) is 12.1 Å². The van der Waals surface area contributed by atoms with Crippen LogP contribution in [-0.2, 0) is 6.42 Å². The molecule has 1 aromatic carbocycles. The molecule has 1 rings (SSSR count). The van der Waals surface area contributed by atoms with Gasteiger partial charge in [-0.1, -0.05) is 57.8 Å². The molecule has 0 saturated carbocycles. The Bertz CT molecular complexity index is 395. The van der Waals surface area contributed by atoms with Crippen LogP contribution in [0.5, 0.6) is 0 Å². The molecular formula is C14H19Br2NOS. The quantitative estimate of drug-likeness (QED) is 0.538. The second-order valence-electron chi connectivity index (χ2n) is 4.76. The molecule has 0 radical (unpaired) electrons. The predicted octanol–water partition coefficient (Wildman–Crippen LogP) is 4.85. The average Bonchev–Trinajstić information content (AvgIpc) is 2.37. The molecule has 0 fully saturated rings. The van der Waals surface area contributed by atoms with Gasteiger partial charge in [-0.3, -0.25) is 4.79 Å². The summed E-state index contributed by atoms with van der Waals surface area (Å²) in [5.74, 6) is 0.655. The molecule has 0 aromatic heterocycles. The van der Waals surface area contributed by atoms with E-state index >= 15 is 0 Å². The third-order valence-electron chi connectivity index (χ3n) is 2.41. The van der Waals surface area contributed by atoms with Gasteiger partial charge in [0.1, 0.15) is 0 Å². The molecule has 1 unspecified atom stereocenters. The number of amides is 1. The monoisotopic (exact) mass is 407 g/mol. The lowest BCUT2D eigenvalue weighted by atomic mass is 10.0.